The van der Waals surface area contributed by atoms with Crippen molar-refractivity contribution in [2.75, 3.05) is 19.6 Å². The SMILES string of the molecule is CC(C)CN(CC(C)C)C(C)C(C)CNC1CC1. The maximum atomic E-state index is 3.67. The molecule has 1 aliphatic carbocycles. The van der Waals surface area contributed by atoms with Crippen LogP contribution in [-0.2, 0) is 0 Å². The summed E-state index contributed by atoms with van der Waals surface area (Å²) in [7, 11) is 0. The lowest BCUT2D eigenvalue weighted by molar-refractivity contribution is 0.127. The molecule has 0 spiro atoms. The van der Waals surface area contributed by atoms with Gasteiger partial charge in [0.2, 0.25) is 0 Å². The molecule has 1 aliphatic rings. The summed E-state index contributed by atoms with van der Waals surface area (Å²) in [4.78, 5) is 2.69. The van der Waals surface area contributed by atoms with E-state index in [-0.39, 0.29) is 0 Å². The van der Waals surface area contributed by atoms with Gasteiger partial charge in [0.05, 0.1) is 0 Å². The lowest BCUT2D eigenvalue weighted by atomic mass is 9.99. The first-order valence-corrected chi connectivity index (χ1v) is 7.87. The quantitative estimate of drug-likeness (QED) is 0.678. The Labute approximate surface area is 115 Å². The van der Waals surface area contributed by atoms with Gasteiger partial charge in [-0.3, -0.25) is 4.90 Å². The summed E-state index contributed by atoms with van der Waals surface area (Å²) < 4.78 is 0. The van der Waals surface area contributed by atoms with Gasteiger partial charge in [0, 0.05) is 25.2 Å². The minimum Gasteiger partial charge on any atom is -0.314 e. The van der Waals surface area contributed by atoms with Crippen LogP contribution in [0.5, 0.6) is 0 Å². The summed E-state index contributed by atoms with van der Waals surface area (Å²) in [6.45, 7) is 17.7. The Morgan fingerprint density at radius 1 is 0.944 bits per heavy atom. The van der Waals surface area contributed by atoms with Crippen LogP contribution in [0.4, 0.5) is 0 Å². The van der Waals surface area contributed by atoms with Crippen molar-refractivity contribution in [2.45, 2.75) is 66.5 Å². The summed E-state index contributed by atoms with van der Waals surface area (Å²) in [6, 6.07) is 1.52. The number of nitrogens with one attached hydrogen (secondary N) is 1. The minimum atomic E-state index is 0.682. The van der Waals surface area contributed by atoms with Crippen LogP contribution in [-0.4, -0.2) is 36.6 Å². The third-order valence-corrected chi connectivity index (χ3v) is 3.90. The van der Waals surface area contributed by atoms with Gasteiger partial charge in [-0.15, -0.1) is 0 Å². The normalized spacial score (nSPS) is 19.8. The molecule has 1 N–H and O–H groups in total. The van der Waals surface area contributed by atoms with E-state index in [0.29, 0.717) is 6.04 Å². The van der Waals surface area contributed by atoms with Crippen molar-refractivity contribution in [1.82, 2.24) is 10.2 Å². The Hall–Kier alpha value is -0.0800. The van der Waals surface area contributed by atoms with Crippen LogP contribution in [0, 0.1) is 17.8 Å². The van der Waals surface area contributed by atoms with Crippen LogP contribution in [0.2, 0.25) is 0 Å². The molecule has 0 radical (unpaired) electrons. The number of rotatable bonds is 9. The molecule has 0 bridgehead atoms. The van der Waals surface area contributed by atoms with Crippen LogP contribution in [0.3, 0.4) is 0 Å². The molecule has 0 saturated heterocycles. The van der Waals surface area contributed by atoms with Crippen molar-refractivity contribution >= 4 is 0 Å². The van der Waals surface area contributed by atoms with E-state index < -0.39 is 0 Å². The molecule has 2 atom stereocenters. The molecule has 2 heteroatoms. The van der Waals surface area contributed by atoms with Gasteiger partial charge in [-0.05, 0) is 44.1 Å². The zero-order valence-electron chi connectivity index (χ0n) is 13.4. The molecule has 0 amide bonds. The first-order chi connectivity index (χ1) is 8.40. The summed E-state index contributed by atoms with van der Waals surface area (Å²) in [5.74, 6) is 2.26. The zero-order valence-corrected chi connectivity index (χ0v) is 13.4. The molecule has 1 saturated carbocycles. The van der Waals surface area contributed by atoms with Gasteiger partial charge in [0.25, 0.3) is 0 Å². The van der Waals surface area contributed by atoms with Crippen LogP contribution >= 0.6 is 0 Å². The largest absolute Gasteiger partial charge is 0.314 e. The van der Waals surface area contributed by atoms with Gasteiger partial charge in [0.15, 0.2) is 0 Å². The molecule has 0 aromatic carbocycles. The highest BCUT2D eigenvalue weighted by Crippen LogP contribution is 2.20. The van der Waals surface area contributed by atoms with Gasteiger partial charge in [-0.1, -0.05) is 34.6 Å². The average Bonchev–Trinajstić information content (AvgIpc) is 3.06. The van der Waals surface area contributed by atoms with E-state index >= 15 is 0 Å². The maximum absolute atomic E-state index is 3.67. The van der Waals surface area contributed by atoms with Crippen molar-refractivity contribution in [3.8, 4) is 0 Å². The molecule has 1 rings (SSSR count). The second kappa shape index (κ2) is 7.49. The standard InChI is InChI=1S/C16H34N2/c1-12(2)10-18(11-13(3)4)15(6)14(5)9-17-16-7-8-16/h12-17H,7-11H2,1-6H3. The van der Waals surface area contributed by atoms with Gasteiger partial charge < -0.3 is 5.32 Å². The molecule has 18 heavy (non-hydrogen) atoms. The highest BCUT2D eigenvalue weighted by atomic mass is 15.2. The molecule has 2 nitrogen and oxygen atoms in total. The fourth-order valence-corrected chi connectivity index (χ4v) is 2.52. The molecule has 0 aromatic heterocycles. The average molecular weight is 254 g/mol. The number of hydrogen-bond acceptors (Lipinski definition) is 2. The molecular formula is C16H34N2. The maximum Gasteiger partial charge on any atom is 0.0105 e. The van der Waals surface area contributed by atoms with Crippen LogP contribution in [0.1, 0.15) is 54.4 Å². The Morgan fingerprint density at radius 3 is 1.83 bits per heavy atom. The number of nitrogens with zero attached hydrogens (tertiary/aromatic N) is 1. The second-order valence-electron chi connectivity index (χ2n) is 7.14. The van der Waals surface area contributed by atoms with E-state index in [0.717, 1.165) is 23.8 Å². The predicted octanol–water partition coefficient (Wildman–Crippen LogP) is 3.38. The van der Waals surface area contributed by atoms with E-state index in [9.17, 15) is 0 Å². The first kappa shape index (κ1) is 16.0. The van der Waals surface area contributed by atoms with Crippen molar-refractivity contribution in [1.29, 1.82) is 0 Å². The molecule has 0 aliphatic heterocycles. The van der Waals surface area contributed by atoms with Gasteiger partial charge in [-0.2, -0.15) is 0 Å². The fraction of sp³-hybridized carbons (Fsp3) is 1.00. The summed E-state index contributed by atoms with van der Waals surface area (Å²) >= 11 is 0. The summed E-state index contributed by atoms with van der Waals surface area (Å²) in [5.41, 5.74) is 0. The van der Waals surface area contributed by atoms with E-state index in [1.165, 1.54) is 32.5 Å². The summed E-state index contributed by atoms with van der Waals surface area (Å²) in [5, 5.41) is 3.67. The van der Waals surface area contributed by atoms with Crippen molar-refractivity contribution in [3.05, 3.63) is 0 Å². The van der Waals surface area contributed by atoms with E-state index in [4.69, 9.17) is 0 Å². The zero-order chi connectivity index (χ0) is 13.7. The van der Waals surface area contributed by atoms with E-state index in [1.54, 1.807) is 0 Å². The molecule has 0 heterocycles. The Kier molecular flexibility index (Phi) is 6.65. The fourth-order valence-electron chi connectivity index (χ4n) is 2.52. The predicted molar refractivity (Wildman–Crippen MR) is 80.9 cm³/mol. The second-order valence-corrected chi connectivity index (χ2v) is 7.14. The Bertz CT molecular complexity index is 211. The van der Waals surface area contributed by atoms with Crippen molar-refractivity contribution in [3.63, 3.8) is 0 Å². The Morgan fingerprint density at radius 2 is 1.44 bits per heavy atom. The van der Waals surface area contributed by atoms with Gasteiger partial charge >= 0.3 is 0 Å². The molecule has 2 unspecified atom stereocenters. The molecule has 1 fully saturated rings. The monoisotopic (exact) mass is 254 g/mol. The third-order valence-electron chi connectivity index (χ3n) is 3.90. The minimum absolute atomic E-state index is 0.682. The summed E-state index contributed by atoms with van der Waals surface area (Å²) in [6.07, 6.45) is 2.78. The van der Waals surface area contributed by atoms with E-state index in [1.807, 2.05) is 0 Å². The van der Waals surface area contributed by atoms with Gasteiger partial charge in [-0.25, -0.2) is 0 Å². The van der Waals surface area contributed by atoms with Crippen LogP contribution < -0.4 is 5.32 Å². The molecule has 0 aromatic rings. The topological polar surface area (TPSA) is 15.3 Å². The Balaban J connectivity index is 2.41. The van der Waals surface area contributed by atoms with Crippen LogP contribution in [0.15, 0.2) is 0 Å². The molecule has 108 valence electrons. The smallest absolute Gasteiger partial charge is 0.0105 e. The van der Waals surface area contributed by atoms with Crippen LogP contribution in [0.25, 0.3) is 0 Å². The molecular weight excluding hydrogens is 220 g/mol. The lowest BCUT2D eigenvalue weighted by Crippen LogP contribution is -2.44. The van der Waals surface area contributed by atoms with Crippen molar-refractivity contribution in [2.24, 2.45) is 17.8 Å². The van der Waals surface area contributed by atoms with Crippen molar-refractivity contribution < 1.29 is 0 Å². The number of hydrogen-bond donors (Lipinski definition) is 1. The third kappa shape index (κ3) is 6.19. The highest BCUT2D eigenvalue weighted by Gasteiger charge is 2.25. The lowest BCUT2D eigenvalue weighted by Gasteiger charge is -2.35. The van der Waals surface area contributed by atoms with E-state index in [2.05, 4.69) is 51.8 Å². The highest BCUT2D eigenvalue weighted by molar-refractivity contribution is 4.83. The van der Waals surface area contributed by atoms with Gasteiger partial charge in [0.1, 0.15) is 0 Å². The first-order valence-electron chi connectivity index (χ1n) is 7.87.